The first-order valence-corrected chi connectivity index (χ1v) is 10.4. The molecule has 2 atom stereocenters. The van der Waals surface area contributed by atoms with Gasteiger partial charge in [-0.2, -0.15) is 0 Å². The Morgan fingerprint density at radius 3 is 2.66 bits per heavy atom. The van der Waals surface area contributed by atoms with Crippen LogP contribution in [0.4, 0.5) is 0 Å². The van der Waals surface area contributed by atoms with Gasteiger partial charge in [-0.05, 0) is 30.3 Å². The van der Waals surface area contributed by atoms with Crippen molar-refractivity contribution < 1.29 is 19.4 Å². The Morgan fingerprint density at radius 2 is 1.78 bits per heavy atom. The zero-order valence-corrected chi connectivity index (χ0v) is 17.3. The predicted octanol–water partition coefficient (Wildman–Crippen LogP) is 3.95. The smallest absolute Gasteiger partial charge is 0.271 e. The quantitative estimate of drug-likeness (QED) is 0.490. The van der Waals surface area contributed by atoms with E-state index in [1.165, 1.54) is 6.20 Å². The number of ether oxygens (including phenoxy) is 1. The number of nitrogens with zero attached hydrogens (tertiary/aromatic N) is 1. The third kappa shape index (κ3) is 2.25. The number of nitrogens with one attached hydrogen (secondary N) is 1. The Bertz CT molecular complexity index is 1460. The number of fused-ring (bicyclic) bond motifs is 6. The molecule has 1 amide bonds. The summed E-state index contributed by atoms with van der Waals surface area (Å²) in [5.74, 6) is -2.85. The average Bonchev–Trinajstić information content (AvgIpc) is 3.16. The van der Waals surface area contributed by atoms with Crippen LogP contribution < -0.4 is 10.1 Å². The highest BCUT2D eigenvalue weighted by Gasteiger charge is 2.71. The van der Waals surface area contributed by atoms with Crippen molar-refractivity contribution in [2.45, 2.75) is 11.3 Å². The normalized spacial score (nSPS) is 22.8. The molecule has 6 rings (SSSR count). The highest BCUT2D eigenvalue weighted by atomic mass is 35.5. The maximum absolute atomic E-state index is 13.8. The number of rotatable bonds is 2. The lowest BCUT2D eigenvalue weighted by Gasteiger charge is -2.34. The molecule has 3 aromatic carbocycles. The monoisotopic (exact) mass is 442 g/mol. The number of para-hydroxylation sites is 1. The fourth-order valence-corrected chi connectivity index (χ4v) is 4.93. The van der Waals surface area contributed by atoms with Gasteiger partial charge in [0.15, 0.2) is 0 Å². The first-order valence-electron chi connectivity index (χ1n) is 9.98. The molecule has 0 saturated carbocycles. The minimum atomic E-state index is -2.12. The molecule has 4 aromatic rings. The van der Waals surface area contributed by atoms with E-state index in [4.69, 9.17) is 16.3 Å². The summed E-state index contributed by atoms with van der Waals surface area (Å²) in [5, 5.41) is 15.6. The number of hydrogen-bond donors (Lipinski definition) is 2. The van der Waals surface area contributed by atoms with E-state index in [1.807, 2.05) is 6.07 Å². The fraction of sp³-hybridized carbons (Fsp3) is 0.0800. The molecule has 2 aliphatic rings. The number of carbonyl (C=O) groups is 2. The maximum Gasteiger partial charge on any atom is 0.271 e. The minimum absolute atomic E-state index is 0.277. The van der Waals surface area contributed by atoms with Gasteiger partial charge in [0.05, 0.1) is 11.1 Å². The van der Waals surface area contributed by atoms with Crippen molar-refractivity contribution in [3.63, 3.8) is 0 Å². The molecule has 1 aromatic heterocycles. The summed E-state index contributed by atoms with van der Waals surface area (Å²) in [4.78, 5) is 31.7. The SMILES string of the molecule is O=C(NC12C(=O)c3ccccc3C1(O)Oc1ccc(Cl)cc12)c1ccnc2ccccc12. The Kier molecular flexibility index (Phi) is 3.79. The van der Waals surface area contributed by atoms with Gasteiger partial charge in [-0.1, -0.05) is 54.1 Å². The van der Waals surface area contributed by atoms with Crippen molar-refractivity contribution in [1.29, 1.82) is 0 Å². The molecule has 156 valence electrons. The molecule has 2 N–H and O–H groups in total. The molecule has 0 radical (unpaired) electrons. The van der Waals surface area contributed by atoms with Crippen molar-refractivity contribution in [1.82, 2.24) is 10.3 Å². The summed E-state index contributed by atoms with van der Waals surface area (Å²) in [7, 11) is 0. The van der Waals surface area contributed by atoms with E-state index in [-0.39, 0.29) is 16.9 Å². The van der Waals surface area contributed by atoms with Crippen molar-refractivity contribution in [2.75, 3.05) is 0 Å². The average molecular weight is 443 g/mol. The molecule has 32 heavy (non-hydrogen) atoms. The zero-order valence-electron chi connectivity index (χ0n) is 16.5. The number of benzene rings is 3. The second kappa shape index (κ2) is 6.38. The lowest BCUT2D eigenvalue weighted by Crippen LogP contribution is -2.60. The van der Waals surface area contributed by atoms with Crippen LogP contribution in [0, 0.1) is 0 Å². The molecule has 0 fully saturated rings. The molecular weight excluding hydrogens is 428 g/mol. The summed E-state index contributed by atoms with van der Waals surface area (Å²) in [5.41, 5.74) is -0.0528. The molecular formula is C25H15ClN2O4. The van der Waals surface area contributed by atoms with E-state index < -0.39 is 23.0 Å². The van der Waals surface area contributed by atoms with Gasteiger partial charge >= 0.3 is 0 Å². The number of aromatic nitrogens is 1. The van der Waals surface area contributed by atoms with Gasteiger partial charge in [-0.15, -0.1) is 0 Å². The number of carbonyl (C=O) groups excluding carboxylic acids is 2. The number of amides is 1. The van der Waals surface area contributed by atoms with Crippen LogP contribution in [0.2, 0.25) is 5.02 Å². The number of Topliss-reactive ketones (excluding diaryl/α,β-unsaturated/α-hetero) is 1. The van der Waals surface area contributed by atoms with E-state index in [2.05, 4.69) is 10.3 Å². The van der Waals surface area contributed by atoms with Crippen molar-refractivity contribution in [3.05, 3.63) is 106 Å². The van der Waals surface area contributed by atoms with Gasteiger partial charge in [-0.25, -0.2) is 0 Å². The molecule has 2 unspecified atom stereocenters. The first kappa shape index (κ1) is 19.0. The third-order valence-corrected chi connectivity index (χ3v) is 6.42. The maximum atomic E-state index is 13.8. The fourth-order valence-electron chi connectivity index (χ4n) is 4.75. The molecule has 0 saturated heterocycles. The first-order chi connectivity index (χ1) is 15.5. The molecule has 1 aliphatic heterocycles. The number of hydrogen-bond acceptors (Lipinski definition) is 5. The van der Waals surface area contributed by atoms with Crippen molar-refractivity contribution >= 4 is 34.2 Å². The lowest BCUT2D eigenvalue weighted by atomic mass is 9.82. The topological polar surface area (TPSA) is 88.5 Å². The van der Waals surface area contributed by atoms with E-state index in [1.54, 1.807) is 66.7 Å². The van der Waals surface area contributed by atoms with Crippen LogP contribution in [-0.2, 0) is 11.3 Å². The second-order valence-corrected chi connectivity index (χ2v) is 8.28. The number of aliphatic hydroxyl groups is 1. The second-order valence-electron chi connectivity index (χ2n) is 7.84. The highest BCUT2D eigenvalue weighted by molar-refractivity contribution is 6.30. The summed E-state index contributed by atoms with van der Waals surface area (Å²) >= 11 is 6.24. The Hall–Kier alpha value is -3.74. The molecule has 6 nitrogen and oxygen atoms in total. The van der Waals surface area contributed by atoms with Gasteiger partial charge in [0.2, 0.25) is 11.3 Å². The van der Waals surface area contributed by atoms with Crippen molar-refractivity contribution in [3.8, 4) is 5.75 Å². The molecule has 2 heterocycles. The van der Waals surface area contributed by atoms with Gasteiger partial charge in [0, 0.05) is 33.3 Å². The van der Waals surface area contributed by atoms with Crippen molar-refractivity contribution in [2.24, 2.45) is 0 Å². The van der Waals surface area contributed by atoms with Crippen LogP contribution >= 0.6 is 11.6 Å². The van der Waals surface area contributed by atoms with Crippen LogP contribution in [0.25, 0.3) is 10.9 Å². The number of ketones is 1. The van der Waals surface area contributed by atoms with Gasteiger partial charge < -0.3 is 15.2 Å². The van der Waals surface area contributed by atoms with Crippen LogP contribution in [0.5, 0.6) is 5.75 Å². The van der Waals surface area contributed by atoms with Crippen LogP contribution in [0.15, 0.2) is 79.0 Å². The van der Waals surface area contributed by atoms with E-state index in [0.29, 0.717) is 27.1 Å². The Labute approximate surface area is 187 Å². The zero-order chi connectivity index (χ0) is 22.1. The van der Waals surface area contributed by atoms with Gasteiger partial charge in [0.25, 0.3) is 11.7 Å². The molecule has 0 spiro atoms. The van der Waals surface area contributed by atoms with E-state index in [0.717, 1.165) is 0 Å². The lowest BCUT2D eigenvalue weighted by molar-refractivity contribution is -0.169. The molecule has 7 heteroatoms. The number of halogens is 1. The molecule has 0 bridgehead atoms. The van der Waals surface area contributed by atoms with Crippen LogP contribution in [0.3, 0.4) is 0 Å². The standard InChI is InChI=1S/C25H15ClN2O4/c26-14-9-10-21-19(13-14)24(22(29)17-6-1-3-7-18(17)25(24,31)32-21)28-23(30)16-11-12-27-20-8-4-2-5-15(16)20/h1-13,31H,(H,28,30). The van der Waals surface area contributed by atoms with Gasteiger partial charge in [-0.3, -0.25) is 14.6 Å². The summed E-state index contributed by atoms with van der Waals surface area (Å²) in [6, 6.07) is 20.2. The highest BCUT2D eigenvalue weighted by Crippen LogP contribution is 2.58. The Balaban J connectivity index is 1.58. The minimum Gasteiger partial charge on any atom is -0.454 e. The van der Waals surface area contributed by atoms with Crippen LogP contribution in [0.1, 0.15) is 31.8 Å². The number of pyridine rings is 1. The third-order valence-electron chi connectivity index (χ3n) is 6.18. The summed E-state index contributed by atoms with van der Waals surface area (Å²) < 4.78 is 5.95. The van der Waals surface area contributed by atoms with Gasteiger partial charge in [0.1, 0.15) is 5.75 Å². The Morgan fingerprint density at radius 1 is 1.00 bits per heavy atom. The largest absolute Gasteiger partial charge is 0.454 e. The predicted molar refractivity (Wildman–Crippen MR) is 118 cm³/mol. The van der Waals surface area contributed by atoms with Crippen LogP contribution in [-0.4, -0.2) is 21.8 Å². The summed E-state index contributed by atoms with van der Waals surface area (Å²) in [6.45, 7) is 0. The van der Waals surface area contributed by atoms with E-state index >= 15 is 0 Å². The van der Waals surface area contributed by atoms with E-state index in [9.17, 15) is 14.7 Å². The summed E-state index contributed by atoms with van der Waals surface area (Å²) in [6.07, 6.45) is 1.53. The molecule has 1 aliphatic carbocycles.